The molecule has 94 valence electrons. The van der Waals surface area contributed by atoms with E-state index in [1.807, 2.05) is 55.6 Å². The highest BCUT2D eigenvalue weighted by Crippen LogP contribution is 2.19. The van der Waals surface area contributed by atoms with Gasteiger partial charge in [0.15, 0.2) is 5.11 Å². The van der Waals surface area contributed by atoms with Crippen molar-refractivity contribution in [2.24, 2.45) is 0 Å². The minimum atomic E-state index is 0.550. The van der Waals surface area contributed by atoms with Crippen molar-refractivity contribution in [2.75, 3.05) is 17.3 Å². The number of para-hydroxylation sites is 2. The average Bonchev–Trinajstić information content (AvgIpc) is 2.47. The van der Waals surface area contributed by atoms with Crippen LogP contribution in [0.15, 0.2) is 54.6 Å². The summed E-state index contributed by atoms with van der Waals surface area (Å²) in [4.78, 5) is 1.79. The van der Waals surface area contributed by atoms with Gasteiger partial charge in [0.2, 0.25) is 0 Å². The van der Waals surface area contributed by atoms with Crippen molar-refractivity contribution in [3.05, 3.63) is 60.2 Å². The Morgan fingerprint density at radius 3 is 2.42 bits per heavy atom. The summed E-state index contributed by atoms with van der Waals surface area (Å²) in [5.41, 5.74) is 2.31. The van der Waals surface area contributed by atoms with Crippen molar-refractivity contribution in [2.45, 2.75) is 0 Å². The highest BCUT2D eigenvalue weighted by atomic mass is 32.1. The molecule has 0 unspecified atom stereocenters. The first-order chi connectivity index (χ1) is 9.22. The van der Waals surface area contributed by atoms with Gasteiger partial charge in [0, 0.05) is 12.7 Å². The predicted octanol–water partition coefficient (Wildman–Crippen LogP) is 3.39. The van der Waals surface area contributed by atoms with Gasteiger partial charge in [-0.25, -0.2) is 0 Å². The van der Waals surface area contributed by atoms with Gasteiger partial charge in [0.05, 0.1) is 11.3 Å². The second-order valence-corrected chi connectivity index (χ2v) is 4.37. The van der Waals surface area contributed by atoms with E-state index in [4.69, 9.17) is 17.5 Å². The van der Waals surface area contributed by atoms with Gasteiger partial charge >= 0.3 is 0 Å². The number of anilines is 2. The van der Waals surface area contributed by atoms with Crippen LogP contribution in [-0.4, -0.2) is 12.2 Å². The molecule has 0 aromatic heterocycles. The summed E-state index contributed by atoms with van der Waals surface area (Å²) in [6, 6.07) is 19.2. The molecule has 0 aliphatic rings. The first-order valence-electron chi connectivity index (χ1n) is 5.81. The maximum atomic E-state index is 9.10. The van der Waals surface area contributed by atoms with Gasteiger partial charge in [-0.05, 0) is 36.5 Å². The van der Waals surface area contributed by atoms with Crippen molar-refractivity contribution < 1.29 is 0 Å². The van der Waals surface area contributed by atoms with Gasteiger partial charge in [0.25, 0.3) is 0 Å². The first-order valence-corrected chi connectivity index (χ1v) is 6.22. The number of hydrogen-bond acceptors (Lipinski definition) is 2. The van der Waals surface area contributed by atoms with Crippen LogP contribution in [0.2, 0.25) is 0 Å². The third kappa shape index (κ3) is 3.09. The first kappa shape index (κ1) is 13.1. The molecule has 0 amide bonds. The fraction of sp³-hybridized carbons (Fsp3) is 0.0667. The maximum Gasteiger partial charge on any atom is 0.177 e. The Kier molecular flexibility index (Phi) is 4.11. The van der Waals surface area contributed by atoms with E-state index in [1.165, 1.54) is 0 Å². The number of thiocarbonyl (C=S) groups is 1. The van der Waals surface area contributed by atoms with Crippen molar-refractivity contribution >= 4 is 28.7 Å². The minimum Gasteiger partial charge on any atom is -0.332 e. The quantitative estimate of drug-likeness (QED) is 0.847. The van der Waals surface area contributed by atoms with E-state index < -0.39 is 0 Å². The third-order valence-corrected chi connectivity index (χ3v) is 3.09. The Hall–Kier alpha value is -2.38. The predicted molar refractivity (Wildman–Crippen MR) is 82.2 cm³/mol. The van der Waals surface area contributed by atoms with Crippen LogP contribution < -0.4 is 10.2 Å². The lowest BCUT2D eigenvalue weighted by molar-refractivity contribution is 1.26. The van der Waals surface area contributed by atoms with Crippen LogP contribution in [0.25, 0.3) is 0 Å². The monoisotopic (exact) mass is 267 g/mol. The van der Waals surface area contributed by atoms with E-state index >= 15 is 0 Å². The van der Waals surface area contributed by atoms with Crippen molar-refractivity contribution in [3.8, 4) is 6.07 Å². The second-order valence-electron chi connectivity index (χ2n) is 3.98. The molecule has 4 heteroatoms. The number of hydrogen-bond donors (Lipinski definition) is 1. The second kappa shape index (κ2) is 5.98. The molecule has 0 atom stereocenters. The smallest absolute Gasteiger partial charge is 0.177 e. The number of rotatable bonds is 2. The number of nitrogens with zero attached hydrogens (tertiary/aromatic N) is 2. The third-order valence-electron chi connectivity index (χ3n) is 2.72. The highest BCUT2D eigenvalue weighted by Gasteiger charge is 2.10. The molecule has 0 saturated carbocycles. The van der Waals surface area contributed by atoms with Crippen LogP contribution >= 0.6 is 12.2 Å². The minimum absolute atomic E-state index is 0.550. The van der Waals surface area contributed by atoms with Crippen molar-refractivity contribution in [1.82, 2.24) is 0 Å². The van der Waals surface area contributed by atoms with Crippen LogP contribution in [0, 0.1) is 11.3 Å². The van der Waals surface area contributed by atoms with Crippen LogP contribution in [0.4, 0.5) is 11.4 Å². The maximum absolute atomic E-state index is 9.10. The lowest BCUT2D eigenvalue weighted by Gasteiger charge is -2.22. The summed E-state index contributed by atoms with van der Waals surface area (Å²) in [6.07, 6.45) is 0. The molecular formula is C15H13N3S. The zero-order valence-corrected chi connectivity index (χ0v) is 11.3. The van der Waals surface area contributed by atoms with Gasteiger partial charge in [-0.3, -0.25) is 0 Å². The van der Waals surface area contributed by atoms with Gasteiger partial charge in [-0.1, -0.05) is 30.3 Å². The van der Waals surface area contributed by atoms with E-state index in [0.717, 1.165) is 11.4 Å². The molecule has 0 spiro atoms. The standard InChI is InChI=1S/C15H13N3S/c1-18(14-10-6-5-7-12(14)11-16)15(19)17-13-8-3-2-4-9-13/h2-10H,1H3,(H,17,19). The molecule has 2 aromatic rings. The molecule has 0 saturated heterocycles. The molecule has 0 fully saturated rings. The van der Waals surface area contributed by atoms with Crippen LogP contribution in [0.5, 0.6) is 0 Å². The van der Waals surface area contributed by atoms with Gasteiger partial charge in [-0.15, -0.1) is 0 Å². The topological polar surface area (TPSA) is 39.1 Å². The molecule has 3 nitrogen and oxygen atoms in total. The van der Waals surface area contributed by atoms with Gasteiger partial charge in [0.1, 0.15) is 6.07 Å². The molecule has 0 aliphatic heterocycles. The normalized spacial score (nSPS) is 9.47. The number of nitriles is 1. The number of benzene rings is 2. The Bertz CT molecular complexity index is 617. The fourth-order valence-corrected chi connectivity index (χ4v) is 1.92. The molecule has 0 heterocycles. The molecule has 0 aliphatic carbocycles. The summed E-state index contributed by atoms with van der Waals surface area (Å²) in [7, 11) is 1.84. The molecule has 19 heavy (non-hydrogen) atoms. The fourth-order valence-electron chi connectivity index (χ4n) is 1.70. The summed E-state index contributed by atoms with van der Waals surface area (Å²) in [6.45, 7) is 0. The van der Waals surface area contributed by atoms with Crippen molar-refractivity contribution in [3.63, 3.8) is 0 Å². The summed E-state index contributed by atoms with van der Waals surface area (Å²) in [5, 5.41) is 12.8. The zero-order valence-electron chi connectivity index (χ0n) is 10.5. The van der Waals surface area contributed by atoms with E-state index in [1.54, 1.807) is 11.0 Å². The van der Waals surface area contributed by atoms with Crippen molar-refractivity contribution in [1.29, 1.82) is 5.26 Å². The summed E-state index contributed by atoms with van der Waals surface area (Å²) >= 11 is 5.35. The molecule has 0 radical (unpaired) electrons. The highest BCUT2D eigenvalue weighted by molar-refractivity contribution is 7.80. The van der Waals surface area contributed by atoms with Crippen LogP contribution in [0.1, 0.15) is 5.56 Å². The molecule has 0 bridgehead atoms. The Morgan fingerprint density at radius 2 is 1.74 bits per heavy atom. The van der Waals surface area contributed by atoms with Gasteiger partial charge < -0.3 is 10.2 Å². The Morgan fingerprint density at radius 1 is 1.11 bits per heavy atom. The van der Waals surface area contributed by atoms with E-state index in [-0.39, 0.29) is 0 Å². The van der Waals surface area contributed by atoms with E-state index in [9.17, 15) is 0 Å². The molecule has 2 rings (SSSR count). The molecular weight excluding hydrogens is 254 g/mol. The Labute approximate surface area is 118 Å². The lowest BCUT2D eigenvalue weighted by atomic mass is 10.2. The van der Waals surface area contributed by atoms with E-state index in [2.05, 4.69) is 11.4 Å². The number of nitrogens with one attached hydrogen (secondary N) is 1. The van der Waals surface area contributed by atoms with Crippen LogP contribution in [-0.2, 0) is 0 Å². The zero-order chi connectivity index (χ0) is 13.7. The SMILES string of the molecule is CN(C(=S)Nc1ccccc1)c1ccccc1C#N. The molecule has 1 N–H and O–H groups in total. The summed E-state index contributed by atoms with van der Waals surface area (Å²) < 4.78 is 0. The Balaban J connectivity index is 2.18. The lowest BCUT2D eigenvalue weighted by Crippen LogP contribution is -2.31. The van der Waals surface area contributed by atoms with E-state index in [0.29, 0.717) is 10.7 Å². The van der Waals surface area contributed by atoms with Crippen LogP contribution in [0.3, 0.4) is 0 Å². The molecule has 2 aromatic carbocycles. The summed E-state index contributed by atoms with van der Waals surface area (Å²) in [5.74, 6) is 0. The largest absolute Gasteiger partial charge is 0.332 e. The van der Waals surface area contributed by atoms with Gasteiger partial charge in [-0.2, -0.15) is 5.26 Å². The average molecular weight is 267 g/mol.